The van der Waals surface area contributed by atoms with Crippen molar-refractivity contribution in [3.05, 3.63) is 29.3 Å². The molecule has 0 aromatic heterocycles. The lowest BCUT2D eigenvalue weighted by Gasteiger charge is -2.23. The van der Waals surface area contributed by atoms with Gasteiger partial charge >= 0.3 is 12.1 Å². The smallest absolute Gasteiger partial charge is 0.411 e. The van der Waals surface area contributed by atoms with Crippen LogP contribution in [0.2, 0.25) is 5.02 Å². The molecular weight excluding hydrogens is 334 g/mol. The first kappa shape index (κ1) is 18.4. The Morgan fingerprint density at radius 2 is 2.25 bits per heavy atom. The molecule has 1 amide bonds. The Morgan fingerprint density at radius 3 is 2.92 bits per heavy atom. The van der Waals surface area contributed by atoms with E-state index >= 15 is 0 Å². The quantitative estimate of drug-likeness (QED) is 0.669. The summed E-state index contributed by atoms with van der Waals surface area (Å²) >= 11 is 5.90. The molecule has 1 aliphatic rings. The van der Waals surface area contributed by atoms with Crippen molar-refractivity contribution in [3.8, 4) is 5.75 Å². The summed E-state index contributed by atoms with van der Waals surface area (Å²) in [5.74, 6) is 0.209. The average molecular weight is 356 g/mol. The van der Waals surface area contributed by atoms with E-state index in [9.17, 15) is 9.59 Å². The number of cyclic esters (lactones) is 1. The van der Waals surface area contributed by atoms with Gasteiger partial charge in [0.25, 0.3) is 0 Å². The maximum atomic E-state index is 12.1. The maximum absolute atomic E-state index is 12.1. The fourth-order valence-corrected chi connectivity index (χ4v) is 2.72. The highest BCUT2D eigenvalue weighted by Crippen LogP contribution is 2.21. The third kappa shape index (κ3) is 4.77. The molecule has 2 unspecified atom stereocenters. The van der Waals surface area contributed by atoms with Crippen LogP contribution in [0, 0.1) is 0 Å². The lowest BCUT2D eigenvalue weighted by Crippen LogP contribution is -2.43. The molecule has 0 radical (unpaired) electrons. The molecule has 7 heteroatoms. The van der Waals surface area contributed by atoms with E-state index in [1.54, 1.807) is 31.2 Å². The van der Waals surface area contributed by atoms with Crippen molar-refractivity contribution in [3.63, 3.8) is 0 Å². The SMILES string of the molecule is CCCC(C(=O)OCC)N1CC(COc2cccc(Cl)c2)OC1=O. The van der Waals surface area contributed by atoms with E-state index in [0.717, 1.165) is 6.42 Å². The zero-order valence-electron chi connectivity index (χ0n) is 13.9. The number of esters is 1. The molecule has 1 heterocycles. The lowest BCUT2D eigenvalue weighted by atomic mass is 10.1. The molecule has 0 bridgehead atoms. The van der Waals surface area contributed by atoms with Crippen LogP contribution >= 0.6 is 11.6 Å². The number of carbonyl (C=O) groups is 2. The van der Waals surface area contributed by atoms with Gasteiger partial charge in [-0.05, 0) is 31.5 Å². The number of benzene rings is 1. The van der Waals surface area contributed by atoms with Crippen LogP contribution in [-0.2, 0) is 14.3 Å². The Balaban J connectivity index is 1.94. The van der Waals surface area contributed by atoms with Gasteiger partial charge in [-0.2, -0.15) is 0 Å². The zero-order chi connectivity index (χ0) is 17.5. The van der Waals surface area contributed by atoms with Gasteiger partial charge in [0.15, 0.2) is 6.10 Å². The Morgan fingerprint density at radius 1 is 1.46 bits per heavy atom. The van der Waals surface area contributed by atoms with E-state index in [1.807, 2.05) is 6.92 Å². The van der Waals surface area contributed by atoms with Gasteiger partial charge in [0.05, 0.1) is 13.2 Å². The van der Waals surface area contributed by atoms with Crippen LogP contribution in [-0.4, -0.2) is 48.9 Å². The molecule has 6 nitrogen and oxygen atoms in total. The first-order valence-corrected chi connectivity index (χ1v) is 8.45. The normalized spacial score (nSPS) is 18.2. The van der Waals surface area contributed by atoms with Crippen LogP contribution in [0.3, 0.4) is 0 Å². The molecule has 0 saturated carbocycles. The second-order valence-corrected chi connectivity index (χ2v) is 5.92. The van der Waals surface area contributed by atoms with Gasteiger partial charge in [-0.25, -0.2) is 9.59 Å². The number of hydrogen-bond donors (Lipinski definition) is 0. The van der Waals surface area contributed by atoms with Gasteiger partial charge < -0.3 is 14.2 Å². The van der Waals surface area contributed by atoms with E-state index in [1.165, 1.54) is 4.90 Å². The van der Waals surface area contributed by atoms with E-state index in [2.05, 4.69) is 0 Å². The number of amides is 1. The highest BCUT2D eigenvalue weighted by Gasteiger charge is 2.39. The van der Waals surface area contributed by atoms with Crippen molar-refractivity contribution in [2.24, 2.45) is 0 Å². The van der Waals surface area contributed by atoms with Gasteiger partial charge in [-0.1, -0.05) is 31.0 Å². The summed E-state index contributed by atoms with van der Waals surface area (Å²) in [6.07, 6.45) is 0.346. The minimum absolute atomic E-state index is 0.199. The summed E-state index contributed by atoms with van der Waals surface area (Å²) in [5.41, 5.74) is 0. The molecule has 1 aromatic carbocycles. The fourth-order valence-electron chi connectivity index (χ4n) is 2.54. The molecule has 24 heavy (non-hydrogen) atoms. The highest BCUT2D eigenvalue weighted by molar-refractivity contribution is 6.30. The number of rotatable bonds is 8. The van der Waals surface area contributed by atoms with E-state index in [4.69, 9.17) is 25.8 Å². The molecule has 132 valence electrons. The summed E-state index contributed by atoms with van der Waals surface area (Å²) in [6.45, 7) is 4.47. The Bertz CT molecular complexity index is 580. The predicted octanol–water partition coefficient (Wildman–Crippen LogP) is 3.27. The molecule has 0 aliphatic carbocycles. The van der Waals surface area contributed by atoms with Crippen LogP contribution in [0.4, 0.5) is 4.79 Å². The highest BCUT2D eigenvalue weighted by atomic mass is 35.5. The molecule has 0 spiro atoms. The van der Waals surface area contributed by atoms with E-state index < -0.39 is 24.2 Å². The first-order valence-electron chi connectivity index (χ1n) is 8.07. The third-order valence-electron chi connectivity index (χ3n) is 3.63. The average Bonchev–Trinajstić information content (AvgIpc) is 2.91. The predicted molar refractivity (Wildman–Crippen MR) is 89.3 cm³/mol. The van der Waals surface area contributed by atoms with Gasteiger partial charge in [-0.15, -0.1) is 0 Å². The van der Waals surface area contributed by atoms with Gasteiger partial charge in [0, 0.05) is 5.02 Å². The summed E-state index contributed by atoms with van der Waals surface area (Å²) in [7, 11) is 0. The Labute approximate surface area is 146 Å². The molecule has 1 fully saturated rings. The number of halogens is 1. The van der Waals surface area contributed by atoms with Crippen LogP contribution in [0.1, 0.15) is 26.7 Å². The van der Waals surface area contributed by atoms with Crippen molar-refractivity contribution in [1.29, 1.82) is 0 Å². The van der Waals surface area contributed by atoms with E-state index in [0.29, 0.717) is 23.7 Å². The van der Waals surface area contributed by atoms with Crippen molar-refractivity contribution in [1.82, 2.24) is 4.90 Å². The monoisotopic (exact) mass is 355 g/mol. The minimum atomic E-state index is -0.612. The number of hydrogen-bond acceptors (Lipinski definition) is 5. The van der Waals surface area contributed by atoms with Crippen LogP contribution in [0.15, 0.2) is 24.3 Å². The standard InChI is InChI=1S/C17H22ClNO5/c1-3-6-15(16(20)22-4-2)19-10-14(24-17(19)21)11-23-13-8-5-7-12(18)9-13/h5,7-9,14-15H,3-4,6,10-11H2,1-2H3. The van der Waals surface area contributed by atoms with Crippen molar-refractivity contribution in [2.45, 2.75) is 38.8 Å². The Hall–Kier alpha value is -1.95. The molecule has 1 saturated heterocycles. The molecule has 2 rings (SSSR count). The molecule has 0 N–H and O–H groups in total. The molecule has 1 aromatic rings. The van der Waals surface area contributed by atoms with Gasteiger partial charge in [-0.3, -0.25) is 4.90 Å². The second kappa shape index (κ2) is 8.78. The Kier molecular flexibility index (Phi) is 6.73. The van der Waals surface area contributed by atoms with Crippen molar-refractivity contribution in [2.75, 3.05) is 19.8 Å². The zero-order valence-corrected chi connectivity index (χ0v) is 14.6. The van der Waals surface area contributed by atoms with Crippen LogP contribution in [0.25, 0.3) is 0 Å². The minimum Gasteiger partial charge on any atom is -0.490 e. The lowest BCUT2D eigenvalue weighted by molar-refractivity contribution is -0.148. The fraction of sp³-hybridized carbons (Fsp3) is 0.529. The number of nitrogens with zero attached hydrogens (tertiary/aromatic N) is 1. The molecular formula is C17H22ClNO5. The summed E-state index contributed by atoms with van der Waals surface area (Å²) in [6, 6.07) is 6.38. The first-order chi connectivity index (χ1) is 11.5. The number of carbonyl (C=O) groups excluding carboxylic acids is 2. The summed E-state index contributed by atoms with van der Waals surface area (Å²) in [4.78, 5) is 25.6. The topological polar surface area (TPSA) is 65.1 Å². The molecule has 1 aliphatic heterocycles. The van der Waals surface area contributed by atoms with Gasteiger partial charge in [0.2, 0.25) is 0 Å². The maximum Gasteiger partial charge on any atom is 0.411 e. The van der Waals surface area contributed by atoms with Crippen LogP contribution < -0.4 is 4.74 Å². The third-order valence-corrected chi connectivity index (χ3v) is 3.87. The number of ether oxygens (including phenoxy) is 3. The second-order valence-electron chi connectivity index (χ2n) is 5.48. The van der Waals surface area contributed by atoms with Crippen molar-refractivity contribution < 1.29 is 23.8 Å². The van der Waals surface area contributed by atoms with E-state index in [-0.39, 0.29) is 13.2 Å². The van der Waals surface area contributed by atoms with Crippen molar-refractivity contribution >= 4 is 23.7 Å². The largest absolute Gasteiger partial charge is 0.490 e. The van der Waals surface area contributed by atoms with Gasteiger partial charge in [0.1, 0.15) is 18.4 Å². The summed E-state index contributed by atoms with van der Waals surface area (Å²) in [5, 5.41) is 0.572. The summed E-state index contributed by atoms with van der Waals surface area (Å²) < 4.78 is 16.0. The van der Waals surface area contributed by atoms with Crippen LogP contribution in [0.5, 0.6) is 5.75 Å². The molecule has 2 atom stereocenters.